The van der Waals surface area contributed by atoms with Gasteiger partial charge in [-0.3, -0.25) is 29.9 Å². The summed E-state index contributed by atoms with van der Waals surface area (Å²) in [5.74, 6) is -0.769. The third-order valence-electron chi connectivity index (χ3n) is 5.00. The molecule has 3 aromatic rings. The number of non-ortho nitro benzene ring substituents is 1. The van der Waals surface area contributed by atoms with Gasteiger partial charge in [0.1, 0.15) is 5.82 Å². The van der Waals surface area contributed by atoms with Gasteiger partial charge in [-0.2, -0.15) is 0 Å². The number of ether oxygens (including phenoxy) is 2. The molecule has 1 amide bonds. The number of nitrogens with zero attached hydrogens (tertiary/aromatic N) is 3. The predicted molar refractivity (Wildman–Crippen MR) is 139 cm³/mol. The Bertz CT molecular complexity index is 1480. The maximum Gasteiger partial charge on any atom is 0.318 e. The molecule has 1 saturated heterocycles. The van der Waals surface area contributed by atoms with E-state index >= 15 is 0 Å². The molecule has 10 nitrogen and oxygen atoms in total. The lowest BCUT2D eigenvalue weighted by Gasteiger charge is -2.14. The summed E-state index contributed by atoms with van der Waals surface area (Å²) in [6.45, 7) is 1.97. The first-order valence-electron chi connectivity index (χ1n) is 10.6. The molecule has 0 atom stereocenters. The zero-order valence-corrected chi connectivity index (χ0v) is 20.6. The Balaban J connectivity index is 1.64. The number of anilines is 1. The Kier molecular flexibility index (Phi) is 7.45. The molecule has 0 aliphatic carbocycles. The third-order valence-corrected chi connectivity index (χ3v) is 6.30. The number of amides is 1. The maximum atomic E-state index is 13.7. The summed E-state index contributed by atoms with van der Waals surface area (Å²) in [6.07, 6.45) is 1.58. The standard InChI is InChI=1S/C24H16FN3O7S2/c1-2-34-21-10-14(11-22-23(29)26(24(36)37-22)16-5-3-4-15(25)12-16)6-8-20(21)35-19-9-7-17(27(30)31)13-18(19)28(32)33/h3-13H,2H2,1H3/b22-11-. The van der Waals surface area contributed by atoms with Crippen LogP contribution in [0.15, 0.2) is 65.6 Å². The van der Waals surface area contributed by atoms with Crippen LogP contribution in [0.1, 0.15) is 12.5 Å². The molecule has 1 aliphatic heterocycles. The predicted octanol–water partition coefficient (Wildman–Crippen LogP) is 6.24. The van der Waals surface area contributed by atoms with Gasteiger partial charge in [-0.05, 0) is 55.0 Å². The van der Waals surface area contributed by atoms with Crippen LogP contribution in [0.5, 0.6) is 17.2 Å². The van der Waals surface area contributed by atoms with Crippen LogP contribution in [0.4, 0.5) is 21.5 Å². The van der Waals surface area contributed by atoms with E-state index in [-0.39, 0.29) is 28.2 Å². The molecule has 13 heteroatoms. The molecule has 0 saturated carbocycles. The number of thioether (sulfide) groups is 1. The molecular weight excluding hydrogens is 525 g/mol. The summed E-state index contributed by atoms with van der Waals surface area (Å²) in [6, 6.07) is 13.2. The lowest BCUT2D eigenvalue weighted by Crippen LogP contribution is -2.27. The lowest BCUT2D eigenvalue weighted by atomic mass is 10.1. The van der Waals surface area contributed by atoms with E-state index in [1.807, 2.05) is 0 Å². The van der Waals surface area contributed by atoms with Gasteiger partial charge < -0.3 is 9.47 Å². The number of carbonyl (C=O) groups is 1. The van der Waals surface area contributed by atoms with Gasteiger partial charge in [-0.25, -0.2) is 4.39 Å². The first kappa shape index (κ1) is 25.7. The Labute approximate surface area is 218 Å². The minimum Gasteiger partial charge on any atom is -0.490 e. The maximum absolute atomic E-state index is 13.7. The number of rotatable bonds is 8. The van der Waals surface area contributed by atoms with Crippen LogP contribution in [0.2, 0.25) is 0 Å². The van der Waals surface area contributed by atoms with Crippen molar-refractivity contribution in [1.82, 2.24) is 0 Å². The fourth-order valence-electron chi connectivity index (χ4n) is 3.39. The summed E-state index contributed by atoms with van der Waals surface area (Å²) >= 11 is 6.38. The van der Waals surface area contributed by atoms with Gasteiger partial charge >= 0.3 is 5.69 Å². The van der Waals surface area contributed by atoms with Crippen molar-refractivity contribution >= 4 is 57.3 Å². The number of hydrogen-bond donors (Lipinski definition) is 0. The molecule has 4 rings (SSSR count). The molecule has 1 heterocycles. The highest BCUT2D eigenvalue weighted by atomic mass is 32.2. The van der Waals surface area contributed by atoms with Crippen molar-refractivity contribution in [3.8, 4) is 17.2 Å². The van der Waals surface area contributed by atoms with E-state index < -0.39 is 32.9 Å². The number of nitro groups is 2. The van der Waals surface area contributed by atoms with E-state index in [4.69, 9.17) is 21.7 Å². The Morgan fingerprint density at radius 1 is 1.03 bits per heavy atom. The van der Waals surface area contributed by atoms with Crippen LogP contribution >= 0.6 is 24.0 Å². The molecule has 37 heavy (non-hydrogen) atoms. The quantitative estimate of drug-likeness (QED) is 0.141. The molecule has 188 valence electrons. The largest absolute Gasteiger partial charge is 0.490 e. The van der Waals surface area contributed by atoms with Gasteiger partial charge in [-0.15, -0.1) is 0 Å². The van der Waals surface area contributed by atoms with Crippen LogP contribution in [0, 0.1) is 26.0 Å². The summed E-state index contributed by atoms with van der Waals surface area (Å²) in [4.78, 5) is 35.4. The summed E-state index contributed by atoms with van der Waals surface area (Å²) < 4.78 is 25.2. The minimum atomic E-state index is -0.780. The highest BCUT2D eigenvalue weighted by Crippen LogP contribution is 2.40. The fraction of sp³-hybridized carbons (Fsp3) is 0.0833. The Morgan fingerprint density at radius 2 is 1.78 bits per heavy atom. The van der Waals surface area contributed by atoms with Crippen LogP contribution in [0.3, 0.4) is 0 Å². The van der Waals surface area contributed by atoms with Crippen molar-refractivity contribution in [2.24, 2.45) is 0 Å². The third kappa shape index (κ3) is 5.57. The number of nitro benzene ring substituents is 2. The highest BCUT2D eigenvalue weighted by Gasteiger charge is 2.33. The van der Waals surface area contributed by atoms with Gasteiger partial charge in [0.05, 0.1) is 33.1 Å². The zero-order valence-electron chi connectivity index (χ0n) is 19.0. The number of thiocarbonyl (C=S) groups is 1. The van der Waals surface area contributed by atoms with Crippen molar-refractivity contribution in [3.63, 3.8) is 0 Å². The van der Waals surface area contributed by atoms with Gasteiger partial charge in [0.2, 0.25) is 5.75 Å². The van der Waals surface area contributed by atoms with Crippen molar-refractivity contribution in [2.75, 3.05) is 11.5 Å². The average molecular weight is 542 g/mol. The normalized spacial score (nSPS) is 14.2. The second kappa shape index (κ2) is 10.7. The van der Waals surface area contributed by atoms with E-state index in [1.54, 1.807) is 31.2 Å². The number of hydrogen-bond acceptors (Lipinski definition) is 9. The lowest BCUT2D eigenvalue weighted by molar-refractivity contribution is -0.394. The van der Waals surface area contributed by atoms with E-state index in [9.17, 15) is 29.4 Å². The van der Waals surface area contributed by atoms with Gasteiger partial charge in [0.25, 0.3) is 11.6 Å². The summed E-state index contributed by atoms with van der Waals surface area (Å²) in [7, 11) is 0. The number of halogens is 1. The molecular formula is C24H16FN3O7S2. The molecule has 0 spiro atoms. The molecule has 0 N–H and O–H groups in total. The SMILES string of the molecule is CCOc1cc(/C=C2\SC(=S)N(c3cccc(F)c3)C2=O)ccc1Oc1ccc([N+](=O)[O-])cc1[N+](=O)[O-]. The average Bonchev–Trinajstić information content (AvgIpc) is 3.13. The minimum absolute atomic E-state index is 0.128. The fourth-order valence-corrected chi connectivity index (χ4v) is 4.69. The number of benzene rings is 3. The van der Waals surface area contributed by atoms with E-state index in [1.165, 1.54) is 29.2 Å². The first-order chi connectivity index (χ1) is 17.7. The van der Waals surface area contributed by atoms with Gasteiger partial charge in [0, 0.05) is 6.07 Å². The zero-order chi connectivity index (χ0) is 26.7. The topological polar surface area (TPSA) is 125 Å². The summed E-state index contributed by atoms with van der Waals surface area (Å²) in [5, 5.41) is 22.4. The molecule has 0 radical (unpaired) electrons. The van der Waals surface area contributed by atoms with E-state index in [2.05, 4.69) is 0 Å². The van der Waals surface area contributed by atoms with E-state index in [0.29, 0.717) is 16.2 Å². The summed E-state index contributed by atoms with van der Waals surface area (Å²) in [5.41, 5.74) is -0.167. The molecule has 0 aromatic heterocycles. The molecule has 3 aromatic carbocycles. The number of carbonyl (C=O) groups excluding carboxylic acids is 1. The Hall–Kier alpha value is -4.36. The van der Waals surface area contributed by atoms with Gasteiger partial charge in [0.15, 0.2) is 15.8 Å². The van der Waals surface area contributed by atoms with Crippen LogP contribution < -0.4 is 14.4 Å². The van der Waals surface area contributed by atoms with Crippen LogP contribution in [0.25, 0.3) is 6.08 Å². The monoisotopic (exact) mass is 541 g/mol. The van der Waals surface area contributed by atoms with Crippen molar-refractivity contribution in [1.29, 1.82) is 0 Å². The molecule has 0 bridgehead atoms. The molecule has 1 fully saturated rings. The van der Waals surface area contributed by atoms with Crippen LogP contribution in [-0.2, 0) is 4.79 Å². The van der Waals surface area contributed by atoms with E-state index in [0.717, 1.165) is 30.0 Å². The van der Waals surface area contributed by atoms with Crippen molar-refractivity contribution in [3.05, 3.63) is 97.2 Å². The van der Waals surface area contributed by atoms with Crippen molar-refractivity contribution < 1.29 is 28.5 Å². The van der Waals surface area contributed by atoms with Gasteiger partial charge in [-0.1, -0.05) is 36.1 Å². The first-order valence-corrected chi connectivity index (χ1v) is 11.8. The Morgan fingerprint density at radius 3 is 2.46 bits per heavy atom. The second-order valence-corrected chi connectivity index (χ2v) is 9.08. The molecule has 1 aliphatic rings. The highest BCUT2D eigenvalue weighted by molar-refractivity contribution is 8.27. The van der Waals surface area contributed by atoms with Crippen molar-refractivity contribution in [2.45, 2.75) is 6.92 Å². The van der Waals surface area contributed by atoms with Crippen LogP contribution in [-0.4, -0.2) is 26.7 Å². The smallest absolute Gasteiger partial charge is 0.318 e. The molecule has 0 unspecified atom stereocenters. The second-order valence-electron chi connectivity index (χ2n) is 7.40.